The van der Waals surface area contributed by atoms with Crippen molar-refractivity contribution in [2.75, 3.05) is 11.4 Å². The van der Waals surface area contributed by atoms with Gasteiger partial charge in [-0.3, -0.25) is 4.99 Å². The minimum Gasteiger partial charge on any atom is -0.369 e. The van der Waals surface area contributed by atoms with Crippen LogP contribution in [0.3, 0.4) is 0 Å². The second kappa shape index (κ2) is 4.41. The van der Waals surface area contributed by atoms with Crippen molar-refractivity contribution in [3.63, 3.8) is 0 Å². The number of aliphatic imine (C=N–C) groups is 1. The van der Waals surface area contributed by atoms with Gasteiger partial charge in [0.25, 0.3) is 0 Å². The number of hydrogen-bond acceptors (Lipinski definition) is 3. The van der Waals surface area contributed by atoms with Crippen molar-refractivity contribution in [3.05, 3.63) is 29.3 Å². The van der Waals surface area contributed by atoms with E-state index >= 15 is 0 Å². The molecule has 0 atom stereocenters. The Morgan fingerprint density at radius 2 is 2.05 bits per heavy atom. The smallest absolute Gasteiger partial charge is 0.196 e. The van der Waals surface area contributed by atoms with Gasteiger partial charge in [-0.25, -0.2) is 0 Å². The summed E-state index contributed by atoms with van der Waals surface area (Å²) in [6, 6.07) is 7.88. The van der Waals surface area contributed by atoms with E-state index in [0.29, 0.717) is 5.96 Å². The Balaban J connectivity index is 1.91. The summed E-state index contributed by atoms with van der Waals surface area (Å²) in [4.78, 5) is 6.63. The van der Waals surface area contributed by atoms with Crippen LogP contribution in [-0.2, 0) is 0 Å². The van der Waals surface area contributed by atoms with E-state index in [9.17, 15) is 0 Å². The van der Waals surface area contributed by atoms with E-state index < -0.39 is 0 Å². The third-order valence-corrected chi connectivity index (χ3v) is 4.88. The molecule has 1 aromatic carbocycles. The molecule has 0 amide bonds. The molecule has 0 bridgehead atoms. The highest BCUT2D eigenvalue weighted by atomic mass is 35.5. The molecule has 0 radical (unpaired) electrons. The van der Waals surface area contributed by atoms with Crippen LogP contribution >= 0.6 is 11.6 Å². The van der Waals surface area contributed by atoms with Crippen LogP contribution in [0, 0.1) is 11.8 Å². The van der Waals surface area contributed by atoms with Gasteiger partial charge < -0.3 is 10.6 Å². The highest BCUT2D eigenvalue weighted by Gasteiger charge is 2.53. The van der Waals surface area contributed by atoms with Crippen LogP contribution in [0.15, 0.2) is 29.3 Å². The van der Waals surface area contributed by atoms with E-state index in [1.807, 2.05) is 24.3 Å². The van der Waals surface area contributed by atoms with Crippen LogP contribution in [0.5, 0.6) is 0 Å². The zero-order chi connectivity index (χ0) is 13.6. The summed E-state index contributed by atoms with van der Waals surface area (Å²) in [5, 5.41) is 0.745. The minimum atomic E-state index is 0.0734. The lowest BCUT2D eigenvalue weighted by Gasteiger charge is -2.52. The molecule has 1 aliphatic heterocycles. The molecule has 0 aromatic heterocycles. The zero-order valence-corrected chi connectivity index (χ0v) is 12.2. The lowest BCUT2D eigenvalue weighted by Crippen LogP contribution is -2.60. The topological polar surface area (TPSA) is 41.6 Å². The standard InChI is InChI=1S/C15H20ClN3/c1-10(2)11-7-15(8-11)9-18-14(17)19(15)13-6-4-3-5-12(13)16/h3-6,10-11H,7-9H2,1-2H3,(H2,17,18). The van der Waals surface area contributed by atoms with Gasteiger partial charge in [0.1, 0.15) is 0 Å². The van der Waals surface area contributed by atoms with Crippen LogP contribution in [0.25, 0.3) is 0 Å². The van der Waals surface area contributed by atoms with Gasteiger partial charge >= 0.3 is 0 Å². The van der Waals surface area contributed by atoms with Crippen LogP contribution in [-0.4, -0.2) is 18.0 Å². The zero-order valence-electron chi connectivity index (χ0n) is 11.4. The fourth-order valence-electron chi connectivity index (χ4n) is 3.32. The Bertz CT molecular complexity index is 518. The Hall–Kier alpha value is -1.22. The van der Waals surface area contributed by atoms with Crippen molar-refractivity contribution in [2.45, 2.75) is 32.2 Å². The molecule has 1 heterocycles. The van der Waals surface area contributed by atoms with Crippen molar-refractivity contribution < 1.29 is 0 Å². The van der Waals surface area contributed by atoms with Gasteiger partial charge in [-0.15, -0.1) is 0 Å². The molecule has 2 aliphatic rings. The fraction of sp³-hybridized carbons (Fsp3) is 0.533. The number of halogens is 1. The predicted octanol–water partition coefficient (Wildman–Crippen LogP) is 3.28. The van der Waals surface area contributed by atoms with E-state index in [1.165, 1.54) is 0 Å². The van der Waals surface area contributed by atoms with Crippen molar-refractivity contribution in [1.29, 1.82) is 0 Å². The predicted molar refractivity (Wildman–Crippen MR) is 80.7 cm³/mol. The highest BCUT2D eigenvalue weighted by Crippen LogP contribution is 2.50. The van der Waals surface area contributed by atoms with E-state index in [4.69, 9.17) is 17.3 Å². The molecular weight excluding hydrogens is 258 g/mol. The van der Waals surface area contributed by atoms with Gasteiger partial charge in [-0.05, 0) is 36.8 Å². The van der Waals surface area contributed by atoms with E-state index in [-0.39, 0.29) is 5.54 Å². The molecule has 1 fully saturated rings. The number of hydrogen-bond donors (Lipinski definition) is 1. The molecule has 0 unspecified atom stereocenters. The molecule has 3 rings (SSSR count). The first-order valence-electron chi connectivity index (χ1n) is 6.88. The average Bonchev–Trinajstić information content (AvgIpc) is 2.66. The summed E-state index contributed by atoms with van der Waals surface area (Å²) in [5.41, 5.74) is 7.17. The summed E-state index contributed by atoms with van der Waals surface area (Å²) < 4.78 is 0. The quantitative estimate of drug-likeness (QED) is 0.901. The van der Waals surface area contributed by atoms with Crippen LogP contribution in [0.4, 0.5) is 5.69 Å². The lowest BCUT2D eigenvalue weighted by molar-refractivity contribution is 0.121. The van der Waals surface area contributed by atoms with Crippen molar-refractivity contribution in [3.8, 4) is 0 Å². The molecule has 0 saturated heterocycles. The molecule has 1 saturated carbocycles. The summed E-state index contributed by atoms with van der Waals surface area (Å²) >= 11 is 6.32. The number of nitrogens with zero attached hydrogens (tertiary/aromatic N) is 2. The molecule has 2 N–H and O–H groups in total. The summed E-state index contributed by atoms with van der Waals surface area (Å²) in [7, 11) is 0. The monoisotopic (exact) mass is 277 g/mol. The Labute approximate surface area is 119 Å². The molecule has 102 valence electrons. The van der Waals surface area contributed by atoms with Crippen molar-refractivity contribution in [1.82, 2.24) is 0 Å². The molecular formula is C15H20ClN3. The maximum absolute atomic E-state index is 6.32. The van der Waals surface area contributed by atoms with Crippen molar-refractivity contribution in [2.24, 2.45) is 22.6 Å². The summed E-state index contributed by atoms with van der Waals surface area (Å²) in [6.07, 6.45) is 2.31. The van der Waals surface area contributed by atoms with E-state index in [0.717, 1.165) is 41.9 Å². The molecule has 4 heteroatoms. The van der Waals surface area contributed by atoms with Gasteiger partial charge in [-0.1, -0.05) is 37.6 Å². The van der Waals surface area contributed by atoms with Gasteiger partial charge in [-0.2, -0.15) is 0 Å². The maximum Gasteiger partial charge on any atom is 0.196 e. The Morgan fingerprint density at radius 3 is 2.68 bits per heavy atom. The second-order valence-electron chi connectivity index (χ2n) is 6.10. The number of rotatable bonds is 2. The van der Waals surface area contributed by atoms with Gasteiger partial charge in [0, 0.05) is 0 Å². The number of para-hydroxylation sites is 1. The van der Waals surface area contributed by atoms with Gasteiger partial charge in [0.15, 0.2) is 5.96 Å². The van der Waals surface area contributed by atoms with E-state index in [2.05, 4.69) is 23.7 Å². The lowest BCUT2D eigenvalue weighted by atomic mass is 9.63. The normalized spacial score (nSPS) is 29.8. The molecule has 19 heavy (non-hydrogen) atoms. The second-order valence-corrected chi connectivity index (χ2v) is 6.51. The third-order valence-electron chi connectivity index (χ3n) is 4.56. The van der Waals surface area contributed by atoms with Crippen LogP contribution in [0.2, 0.25) is 5.02 Å². The largest absolute Gasteiger partial charge is 0.369 e. The summed E-state index contributed by atoms with van der Waals surface area (Å²) in [5.74, 6) is 2.10. The number of anilines is 1. The summed E-state index contributed by atoms with van der Waals surface area (Å²) in [6.45, 7) is 5.38. The molecule has 1 aliphatic carbocycles. The SMILES string of the molecule is CC(C)C1CC2(CN=C(N)N2c2ccccc2Cl)C1. The third kappa shape index (κ3) is 1.91. The first-order valence-corrected chi connectivity index (χ1v) is 7.26. The molecule has 1 spiro atoms. The fourth-order valence-corrected chi connectivity index (χ4v) is 3.54. The Morgan fingerprint density at radius 1 is 1.37 bits per heavy atom. The van der Waals surface area contributed by atoms with Crippen molar-refractivity contribution >= 4 is 23.2 Å². The number of guanidine groups is 1. The minimum absolute atomic E-state index is 0.0734. The number of benzene rings is 1. The van der Waals surface area contributed by atoms with E-state index in [1.54, 1.807) is 0 Å². The van der Waals surface area contributed by atoms with Crippen LogP contribution in [0.1, 0.15) is 26.7 Å². The Kier molecular flexibility index (Phi) is 2.97. The van der Waals surface area contributed by atoms with Crippen LogP contribution < -0.4 is 10.6 Å². The maximum atomic E-state index is 6.32. The molecule has 1 aromatic rings. The molecule has 3 nitrogen and oxygen atoms in total. The highest BCUT2D eigenvalue weighted by molar-refractivity contribution is 6.34. The first-order chi connectivity index (χ1) is 9.03. The first kappa shape index (κ1) is 12.8. The van der Waals surface area contributed by atoms with Gasteiger partial charge in [0.2, 0.25) is 0 Å². The van der Waals surface area contributed by atoms with Gasteiger partial charge in [0.05, 0.1) is 22.8 Å². The average molecular weight is 278 g/mol. The number of nitrogens with two attached hydrogens (primary N) is 1.